The van der Waals surface area contributed by atoms with Gasteiger partial charge in [0, 0.05) is 0 Å². The Morgan fingerprint density at radius 3 is 2.21 bits per heavy atom. The Bertz CT molecular complexity index is 1010. The number of hydrogen-bond donors (Lipinski definition) is 0. The second kappa shape index (κ2) is 16.4. The summed E-state index contributed by atoms with van der Waals surface area (Å²) < 4.78 is 5.65. The number of aryl methyl sites for hydroxylation is 1. The quantitative estimate of drug-likeness (QED) is 0.135. The van der Waals surface area contributed by atoms with Crippen molar-refractivity contribution in [2.75, 3.05) is 0 Å². The van der Waals surface area contributed by atoms with Crippen LogP contribution in [0.1, 0.15) is 144 Å². The third kappa shape index (κ3) is 9.94. The van der Waals surface area contributed by atoms with Gasteiger partial charge in [-0.2, -0.15) is 5.26 Å². The lowest BCUT2D eigenvalue weighted by Gasteiger charge is -2.29. The summed E-state index contributed by atoms with van der Waals surface area (Å²) in [5, 5.41) is 9.66. The summed E-state index contributed by atoms with van der Waals surface area (Å²) in [6, 6.07) is 15.8. The molecule has 3 nitrogen and oxygen atoms in total. The molecule has 1 fully saturated rings. The van der Waals surface area contributed by atoms with E-state index in [1.807, 2.05) is 24.3 Å². The summed E-state index contributed by atoms with van der Waals surface area (Å²) >= 11 is 0. The number of ether oxygens (including phenoxy) is 1. The van der Waals surface area contributed by atoms with E-state index in [1.165, 1.54) is 89.0 Å². The highest BCUT2D eigenvalue weighted by atomic mass is 16.5. The summed E-state index contributed by atoms with van der Waals surface area (Å²) in [4.78, 5) is 12.8. The average Bonchev–Trinajstić information content (AvgIpc) is 2.94. The fraction of sp³-hybridized carbons (Fsp3) is 0.600. The molecule has 3 heteroatoms. The van der Waals surface area contributed by atoms with Crippen molar-refractivity contribution in [2.24, 2.45) is 11.8 Å². The maximum Gasteiger partial charge on any atom is 0.343 e. The van der Waals surface area contributed by atoms with E-state index < -0.39 is 5.97 Å². The molecule has 38 heavy (non-hydrogen) atoms. The maximum absolute atomic E-state index is 12.8. The molecule has 0 bridgehead atoms. The lowest BCUT2D eigenvalue weighted by Crippen LogP contribution is -2.14. The standard InChI is InChI=1S/C35H49NO2/c1-4-5-6-7-8-9-10-11-12-29-17-24-34(33(25-29)26-36)38-35(37)32-22-20-31(21-23-32)30-18-15-28(16-19-30)14-13-27(2)3/h17,20-25,27-28,30H,4-16,18-19H2,1-3H3. The molecule has 0 unspecified atom stereocenters. The molecule has 1 aliphatic carbocycles. The van der Waals surface area contributed by atoms with E-state index >= 15 is 0 Å². The second-order valence-electron chi connectivity index (χ2n) is 11.9. The minimum atomic E-state index is -0.402. The van der Waals surface area contributed by atoms with E-state index in [4.69, 9.17) is 4.74 Å². The molecular formula is C35H49NO2. The van der Waals surface area contributed by atoms with Gasteiger partial charge in [0.25, 0.3) is 0 Å². The van der Waals surface area contributed by atoms with Gasteiger partial charge in [-0.1, -0.05) is 96.8 Å². The molecule has 0 spiro atoms. The highest BCUT2D eigenvalue weighted by molar-refractivity contribution is 5.91. The molecule has 1 saturated carbocycles. The van der Waals surface area contributed by atoms with Crippen molar-refractivity contribution in [1.82, 2.24) is 0 Å². The fourth-order valence-corrected chi connectivity index (χ4v) is 5.78. The Kier molecular flexibility index (Phi) is 12.9. The molecule has 3 rings (SSSR count). The number of benzene rings is 2. The second-order valence-corrected chi connectivity index (χ2v) is 11.9. The van der Waals surface area contributed by atoms with Crippen molar-refractivity contribution in [3.05, 3.63) is 64.7 Å². The molecule has 2 aromatic rings. The molecule has 0 aliphatic heterocycles. The van der Waals surface area contributed by atoms with Crippen LogP contribution in [0.15, 0.2) is 42.5 Å². The minimum absolute atomic E-state index is 0.348. The molecule has 0 aromatic heterocycles. The van der Waals surface area contributed by atoms with Gasteiger partial charge in [-0.05, 0) is 91.7 Å². The third-order valence-electron chi connectivity index (χ3n) is 8.30. The van der Waals surface area contributed by atoms with E-state index in [2.05, 4.69) is 39.0 Å². The summed E-state index contributed by atoms with van der Waals surface area (Å²) in [5.74, 6) is 2.21. The first kappa shape index (κ1) is 29.9. The number of unbranched alkanes of at least 4 members (excludes halogenated alkanes) is 7. The fourth-order valence-electron chi connectivity index (χ4n) is 5.78. The van der Waals surface area contributed by atoms with Crippen molar-refractivity contribution in [1.29, 1.82) is 5.26 Å². The highest BCUT2D eigenvalue weighted by Crippen LogP contribution is 2.38. The number of esters is 1. The van der Waals surface area contributed by atoms with Gasteiger partial charge in [0.2, 0.25) is 0 Å². The summed E-state index contributed by atoms with van der Waals surface area (Å²) in [7, 11) is 0. The molecular weight excluding hydrogens is 466 g/mol. The first-order chi connectivity index (χ1) is 18.5. The molecule has 1 aliphatic rings. The molecule has 0 radical (unpaired) electrons. The normalized spacial score (nSPS) is 17.3. The summed E-state index contributed by atoms with van der Waals surface area (Å²) in [6.45, 7) is 6.87. The van der Waals surface area contributed by atoms with Crippen LogP contribution < -0.4 is 4.74 Å². The van der Waals surface area contributed by atoms with Crippen molar-refractivity contribution >= 4 is 5.97 Å². The molecule has 0 saturated heterocycles. The smallest absolute Gasteiger partial charge is 0.343 e. The van der Waals surface area contributed by atoms with Crippen LogP contribution in [0.4, 0.5) is 0 Å². The lowest BCUT2D eigenvalue weighted by molar-refractivity contribution is 0.0734. The topological polar surface area (TPSA) is 50.1 Å². The first-order valence-electron chi connectivity index (χ1n) is 15.3. The largest absolute Gasteiger partial charge is 0.422 e. The van der Waals surface area contributed by atoms with Gasteiger partial charge in [0.05, 0.1) is 11.1 Å². The molecule has 0 heterocycles. The highest BCUT2D eigenvalue weighted by Gasteiger charge is 2.23. The van der Waals surface area contributed by atoms with Gasteiger partial charge in [-0.3, -0.25) is 0 Å². The van der Waals surface area contributed by atoms with Gasteiger partial charge < -0.3 is 4.74 Å². The van der Waals surface area contributed by atoms with E-state index in [-0.39, 0.29) is 0 Å². The van der Waals surface area contributed by atoms with E-state index in [0.29, 0.717) is 22.8 Å². The Balaban J connectivity index is 1.46. The first-order valence-corrected chi connectivity index (χ1v) is 15.3. The lowest BCUT2D eigenvalue weighted by atomic mass is 9.76. The molecule has 2 aromatic carbocycles. The van der Waals surface area contributed by atoms with Crippen molar-refractivity contribution in [3.8, 4) is 11.8 Å². The van der Waals surface area contributed by atoms with E-state index in [9.17, 15) is 10.1 Å². The zero-order valence-corrected chi connectivity index (χ0v) is 24.1. The van der Waals surface area contributed by atoms with Crippen molar-refractivity contribution < 1.29 is 9.53 Å². The van der Waals surface area contributed by atoms with Crippen LogP contribution in [-0.4, -0.2) is 5.97 Å². The van der Waals surface area contributed by atoms with Crippen LogP contribution in [0.2, 0.25) is 0 Å². The molecule has 0 N–H and O–H groups in total. The predicted molar refractivity (Wildman–Crippen MR) is 158 cm³/mol. The summed E-state index contributed by atoms with van der Waals surface area (Å²) in [5.41, 5.74) is 3.43. The predicted octanol–water partition coefficient (Wildman–Crippen LogP) is 10.2. The Morgan fingerprint density at radius 1 is 0.921 bits per heavy atom. The summed E-state index contributed by atoms with van der Waals surface area (Å²) in [6.07, 6.45) is 19.0. The van der Waals surface area contributed by atoms with Crippen LogP contribution in [0, 0.1) is 23.2 Å². The van der Waals surface area contributed by atoms with Gasteiger partial charge in [-0.15, -0.1) is 0 Å². The Morgan fingerprint density at radius 2 is 1.58 bits per heavy atom. The van der Waals surface area contributed by atoms with Crippen LogP contribution in [0.25, 0.3) is 0 Å². The SMILES string of the molecule is CCCCCCCCCCc1ccc(OC(=O)c2ccc(C3CCC(CCC(C)C)CC3)cc2)c(C#N)c1. The van der Waals surface area contributed by atoms with Crippen molar-refractivity contribution in [2.45, 2.75) is 123 Å². The number of hydrogen-bond acceptors (Lipinski definition) is 3. The van der Waals surface area contributed by atoms with Gasteiger partial charge in [-0.25, -0.2) is 4.79 Å². The Hall–Kier alpha value is -2.60. The number of carbonyl (C=O) groups excluding carboxylic acids is 1. The van der Waals surface area contributed by atoms with Crippen LogP contribution in [0.3, 0.4) is 0 Å². The molecule has 0 atom stereocenters. The third-order valence-corrected chi connectivity index (χ3v) is 8.30. The molecule has 0 amide bonds. The van der Waals surface area contributed by atoms with Crippen molar-refractivity contribution in [3.63, 3.8) is 0 Å². The monoisotopic (exact) mass is 515 g/mol. The van der Waals surface area contributed by atoms with Crippen LogP contribution in [-0.2, 0) is 6.42 Å². The van der Waals surface area contributed by atoms with Gasteiger partial charge in [0.15, 0.2) is 0 Å². The van der Waals surface area contributed by atoms with E-state index in [1.54, 1.807) is 6.07 Å². The zero-order chi connectivity index (χ0) is 27.2. The molecule has 206 valence electrons. The minimum Gasteiger partial charge on any atom is -0.422 e. The van der Waals surface area contributed by atoms with Crippen LogP contribution >= 0.6 is 0 Å². The number of rotatable bonds is 15. The Labute approximate surface area is 232 Å². The van der Waals surface area contributed by atoms with E-state index in [0.717, 1.165) is 30.2 Å². The average molecular weight is 516 g/mol. The number of carbonyl (C=O) groups is 1. The zero-order valence-electron chi connectivity index (χ0n) is 24.1. The van der Waals surface area contributed by atoms with Gasteiger partial charge >= 0.3 is 5.97 Å². The number of nitrogens with zero attached hydrogens (tertiary/aromatic N) is 1. The van der Waals surface area contributed by atoms with Gasteiger partial charge in [0.1, 0.15) is 11.8 Å². The number of nitriles is 1. The maximum atomic E-state index is 12.8. The van der Waals surface area contributed by atoms with Crippen LogP contribution in [0.5, 0.6) is 5.75 Å².